The second-order valence-electron chi connectivity index (χ2n) is 1.81. The first kappa shape index (κ1) is 8.31. The van der Waals surface area contributed by atoms with E-state index >= 15 is 0 Å². The number of rotatable bonds is 0. The summed E-state index contributed by atoms with van der Waals surface area (Å²) in [6, 6.07) is 0. The zero-order valence-electron chi connectivity index (χ0n) is 5.48. The third kappa shape index (κ3) is 4.47. The normalized spacial score (nSPS) is 18.8. The van der Waals surface area contributed by atoms with Gasteiger partial charge in [-0.2, -0.15) is 12.6 Å². The van der Waals surface area contributed by atoms with Crippen LogP contribution in [0.2, 0.25) is 0 Å². The molecule has 0 spiro atoms. The monoisotopic (exact) mass is 133 g/mol. The van der Waals surface area contributed by atoms with Gasteiger partial charge in [0, 0.05) is 0 Å². The molecule has 2 heteroatoms. The Morgan fingerprint density at radius 3 is 1.62 bits per heavy atom. The minimum atomic E-state index is 1.25. The van der Waals surface area contributed by atoms with Gasteiger partial charge >= 0.3 is 0 Å². The van der Waals surface area contributed by atoms with Crippen molar-refractivity contribution in [2.45, 2.75) is 19.3 Å². The number of thiol groups is 1. The van der Waals surface area contributed by atoms with Crippen molar-refractivity contribution in [2.24, 2.45) is 0 Å². The van der Waals surface area contributed by atoms with Crippen LogP contribution >= 0.6 is 12.6 Å². The largest absolute Gasteiger partial charge is 0.317 e. The quantitative estimate of drug-likeness (QED) is 0.475. The second-order valence-corrected chi connectivity index (χ2v) is 1.81. The van der Waals surface area contributed by atoms with E-state index in [0.717, 1.165) is 0 Å². The fraction of sp³-hybridized carbons (Fsp3) is 1.00. The van der Waals surface area contributed by atoms with Gasteiger partial charge in [-0.05, 0) is 32.2 Å². The first-order valence-corrected chi connectivity index (χ1v) is 4.05. The van der Waals surface area contributed by atoms with Gasteiger partial charge in [-0.3, -0.25) is 0 Å². The lowest BCUT2D eigenvalue weighted by atomic mass is 10.2. The Labute approximate surface area is 57.3 Å². The SMILES string of the molecule is C1CCNCC1.CS. The average molecular weight is 133 g/mol. The Balaban J connectivity index is 0.000000222. The van der Waals surface area contributed by atoms with Crippen LogP contribution in [-0.4, -0.2) is 19.3 Å². The molecule has 1 heterocycles. The fourth-order valence-electron chi connectivity index (χ4n) is 0.802. The molecule has 0 aliphatic carbocycles. The molecule has 1 aliphatic rings. The van der Waals surface area contributed by atoms with Gasteiger partial charge in [-0.1, -0.05) is 6.42 Å². The van der Waals surface area contributed by atoms with E-state index in [4.69, 9.17) is 0 Å². The first-order chi connectivity index (χ1) is 4.00. The van der Waals surface area contributed by atoms with Gasteiger partial charge in [0.25, 0.3) is 0 Å². The van der Waals surface area contributed by atoms with E-state index in [2.05, 4.69) is 17.9 Å². The van der Waals surface area contributed by atoms with Crippen molar-refractivity contribution >= 4 is 12.6 Å². The van der Waals surface area contributed by atoms with E-state index in [1.165, 1.54) is 32.4 Å². The van der Waals surface area contributed by atoms with Crippen molar-refractivity contribution in [3.63, 3.8) is 0 Å². The maximum absolute atomic E-state index is 3.53. The topological polar surface area (TPSA) is 12.0 Å². The molecule has 0 amide bonds. The lowest BCUT2D eigenvalue weighted by Gasteiger charge is -2.08. The van der Waals surface area contributed by atoms with Crippen LogP contribution in [0.15, 0.2) is 0 Å². The number of nitrogens with one attached hydrogen (secondary N) is 1. The van der Waals surface area contributed by atoms with Gasteiger partial charge in [-0.25, -0.2) is 0 Å². The molecule has 0 saturated carbocycles. The van der Waals surface area contributed by atoms with Crippen LogP contribution in [-0.2, 0) is 0 Å². The van der Waals surface area contributed by atoms with Crippen LogP contribution in [0.4, 0.5) is 0 Å². The highest BCUT2D eigenvalue weighted by Crippen LogP contribution is 1.96. The summed E-state index contributed by atoms with van der Waals surface area (Å²) in [6.07, 6.45) is 5.91. The molecule has 8 heavy (non-hydrogen) atoms. The number of hydrogen-bond donors (Lipinski definition) is 2. The number of hydrogen-bond acceptors (Lipinski definition) is 2. The van der Waals surface area contributed by atoms with Crippen LogP contribution in [0.5, 0.6) is 0 Å². The molecule has 0 aromatic heterocycles. The molecule has 1 nitrogen and oxygen atoms in total. The predicted molar refractivity (Wildman–Crippen MR) is 41.6 cm³/mol. The van der Waals surface area contributed by atoms with E-state index in [9.17, 15) is 0 Å². The molecular formula is C6H15NS. The van der Waals surface area contributed by atoms with Crippen LogP contribution in [0.1, 0.15) is 19.3 Å². The molecule has 0 unspecified atom stereocenters. The zero-order valence-corrected chi connectivity index (χ0v) is 6.38. The molecule has 1 rings (SSSR count). The lowest BCUT2D eigenvalue weighted by Crippen LogP contribution is -2.21. The summed E-state index contributed by atoms with van der Waals surface area (Å²) in [5.74, 6) is 0. The Bertz CT molecular complexity index is 24.0. The van der Waals surface area contributed by atoms with E-state index < -0.39 is 0 Å². The maximum Gasteiger partial charge on any atom is -0.00489 e. The third-order valence-corrected chi connectivity index (χ3v) is 1.21. The van der Waals surface area contributed by atoms with Crippen molar-refractivity contribution < 1.29 is 0 Å². The smallest absolute Gasteiger partial charge is 0.00489 e. The zero-order chi connectivity index (χ0) is 6.24. The minimum Gasteiger partial charge on any atom is -0.317 e. The molecule has 1 N–H and O–H groups in total. The molecule has 0 aromatic rings. The molecule has 1 aliphatic heterocycles. The van der Waals surface area contributed by atoms with Gasteiger partial charge in [0.1, 0.15) is 0 Å². The van der Waals surface area contributed by atoms with Crippen LogP contribution in [0.3, 0.4) is 0 Å². The summed E-state index contributed by atoms with van der Waals surface area (Å²) in [6.45, 7) is 2.50. The molecule has 1 fully saturated rings. The molecule has 0 atom stereocenters. The highest BCUT2D eigenvalue weighted by Gasteiger charge is 1.93. The van der Waals surface area contributed by atoms with E-state index in [1.54, 1.807) is 6.26 Å². The highest BCUT2D eigenvalue weighted by molar-refractivity contribution is 7.79. The van der Waals surface area contributed by atoms with Gasteiger partial charge in [0.2, 0.25) is 0 Å². The molecule has 0 bridgehead atoms. The maximum atomic E-state index is 3.53. The van der Waals surface area contributed by atoms with Crippen molar-refractivity contribution in [1.29, 1.82) is 0 Å². The highest BCUT2D eigenvalue weighted by atomic mass is 32.1. The Kier molecular flexibility index (Phi) is 7.59. The second kappa shape index (κ2) is 7.31. The van der Waals surface area contributed by atoms with Crippen molar-refractivity contribution in [3.05, 3.63) is 0 Å². The fourth-order valence-corrected chi connectivity index (χ4v) is 0.802. The predicted octanol–water partition coefficient (Wildman–Crippen LogP) is 1.31. The molecular weight excluding hydrogens is 118 g/mol. The van der Waals surface area contributed by atoms with Crippen molar-refractivity contribution in [2.75, 3.05) is 19.3 Å². The molecule has 0 aromatic carbocycles. The Morgan fingerprint density at radius 2 is 1.50 bits per heavy atom. The van der Waals surface area contributed by atoms with Crippen LogP contribution < -0.4 is 5.32 Å². The average Bonchev–Trinajstić information content (AvgIpc) is 1.96. The van der Waals surface area contributed by atoms with Crippen LogP contribution in [0, 0.1) is 0 Å². The number of piperidine rings is 1. The Morgan fingerprint density at radius 1 is 1.00 bits per heavy atom. The third-order valence-electron chi connectivity index (χ3n) is 1.21. The van der Waals surface area contributed by atoms with Gasteiger partial charge in [0.15, 0.2) is 0 Å². The van der Waals surface area contributed by atoms with Crippen molar-refractivity contribution in [1.82, 2.24) is 5.32 Å². The minimum absolute atomic E-state index is 1.25. The van der Waals surface area contributed by atoms with E-state index in [0.29, 0.717) is 0 Å². The van der Waals surface area contributed by atoms with Gasteiger partial charge in [0.05, 0.1) is 0 Å². The lowest BCUT2D eigenvalue weighted by molar-refractivity contribution is 0.520. The molecule has 1 saturated heterocycles. The first-order valence-electron chi connectivity index (χ1n) is 3.15. The Hall–Kier alpha value is 0.310. The molecule has 50 valence electrons. The van der Waals surface area contributed by atoms with Crippen molar-refractivity contribution in [3.8, 4) is 0 Å². The van der Waals surface area contributed by atoms with Crippen LogP contribution in [0.25, 0.3) is 0 Å². The van der Waals surface area contributed by atoms with E-state index in [1.807, 2.05) is 0 Å². The summed E-state index contributed by atoms with van der Waals surface area (Å²) < 4.78 is 0. The summed E-state index contributed by atoms with van der Waals surface area (Å²) >= 11 is 3.53. The van der Waals surface area contributed by atoms with Gasteiger partial charge < -0.3 is 5.32 Å². The summed E-state index contributed by atoms with van der Waals surface area (Å²) in [5.41, 5.74) is 0. The summed E-state index contributed by atoms with van der Waals surface area (Å²) in [7, 11) is 0. The molecule has 0 radical (unpaired) electrons. The van der Waals surface area contributed by atoms with Gasteiger partial charge in [-0.15, -0.1) is 0 Å². The van der Waals surface area contributed by atoms with E-state index in [-0.39, 0.29) is 0 Å². The summed E-state index contributed by atoms with van der Waals surface area (Å²) in [4.78, 5) is 0. The summed E-state index contributed by atoms with van der Waals surface area (Å²) in [5, 5.41) is 3.28. The standard InChI is InChI=1S/C5H11N.CH4S/c1-2-4-6-5-3-1;1-2/h6H,1-5H2;2H,1H3.